The van der Waals surface area contributed by atoms with Crippen LogP contribution in [0.25, 0.3) is 0 Å². The van der Waals surface area contributed by atoms with Crippen molar-refractivity contribution in [3.05, 3.63) is 137 Å². The number of nitrogens with one attached hydrogen (secondary N) is 1. The standard InChI is InChI=1S/C32H28ClN2O3P.ClHO4/c33-30(29(32(37)35-21-23-38-24-22-35)34-31(36)25-13-5-1-6-14-25)39(26-15-7-2-8-16-26,27-17-9-3-10-18-27)28-19-11-4-12-20-28;2-1(3,4)5/h1-20H,21-24H2;(H,2,3,4,5)/p+1/b30-29-;. The largest absolute Gasteiger partial charge is 0.378 e. The molecule has 0 unspecified atom stereocenters. The van der Waals surface area contributed by atoms with Crippen molar-refractivity contribution >= 4 is 46.6 Å². The molecule has 44 heavy (non-hydrogen) atoms. The highest BCUT2D eigenvalue weighted by Crippen LogP contribution is 2.64. The maximum Gasteiger partial charge on any atom is 0.275 e. The molecule has 2 N–H and O–H groups in total. The molecule has 0 aliphatic carbocycles. The number of halogens is 2. The molecule has 0 spiro atoms. The average molecular weight is 656 g/mol. The van der Waals surface area contributed by atoms with Gasteiger partial charge in [0, 0.05) is 18.7 Å². The van der Waals surface area contributed by atoms with Crippen LogP contribution in [0.1, 0.15) is 10.4 Å². The fourth-order valence-corrected chi connectivity index (χ4v) is 9.73. The maximum absolute atomic E-state index is 14.2. The highest BCUT2D eigenvalue weighted by Gasteiger charge is 2.52. The minimum Gasteiger partial charge on any atom is -0.378 e. The summed E-state index contributed by atoms with van der Waals surface area (Å²) in [6, 6.07) is 38.9. The second-order valence-corrected chi connectivity index (χ2v) is 14.2. The molecule has 228 valence electrons. The molecule has 1 aliphatic rings. The Labute approximate surface area is 263 Å². The molecule has 1 heterocycles. The molecule has 1 saturated heterocycles. The summed E-state index contributed by atoms with van der Waals surface area (Å²) in [5.74, 6) is -0.711. The molecule has 4 aromatic carbocycles. The molecule has 2 amide bonds. The summed E-state index contributed by atoms with van der Waals surface area (Å²) in [4.78, 5) is 29.4. The molecule has 12 heteroatoms. The number of carbonyl (C=O) groups is 2. The molecule has 0 radical (unpaired) electrons. The normalized spacial score (nSPS) is 14.1. The fraction of sp³-hybridized carbons (Fsp3) is 0.125. The number of nitrogens with zero attached hydrogens (tertiary/aromatic N) is 1. The Morgan fingerprint density at radius 2 is 1.09 bits per heavy atom. The number of hydrogen-bond donors (Lipinski definition) is 2. The van der Waals surface area contributed by atoms with Crippen LogP contribution in [-0.2, 0) is 9.53 Å². The van der Waals surface area contributed by atoms with Crippen LogP contribution >= 0.6 is 18.9 Å². The van der Waals surface area contributed by atoms with Crippen LogP contribution in [0.2, 0.25) is 0 Å². The Morgan fingerprint density at radius 3 is 1.48 bits per heavy atom. The molecule has 1 fully saturated rings. The van der Waals surface area contributed by atoms with E-state index in [1.807, 2.05) is 97.1 Å². The number of ether oxygens (including phenoxy) is 1. The number of carbonyl (C=O) groups excluding carboxylic acids is 2. The quantitative estimate of drug-likeness (QED) is 0.218. The molecule has 0 aromatic heterocycles. The van der Waals surface area contributed by atoms with Gasteiger partial charge in [0.05, 0.1) is 28.1 Å². The van der Waals surface area contributed by atoms with E-state index in [1.165, 1.54) is 0 Å². The van der Waals surface area contributed by atoms with Crippen LogP contribution in [0.5, 0.6) is 0 Å². The topological polar surface area (TPSA) is 148 Å². The van der Waals surface area contributed by atoms with Crippen molar-refractivity contribution in [1.29, 1.82) is 0 Å². The van der Waals surface area contributed by atoms with Crippen LogP contribution in [0, 0.1) is 10.2 Å². The van der Waals surface area contributed by atoms with E-state index in [-0.39, 0.29) is 11.6 Å². The van der Waals surface area contributed by atoms with Crippen molar-refractivity contribution in [3.63, 3.8) is 0 Å². The summed E-state index contributed by atoms with van der Waals surface area (Å²) in [6.45, 7) is 1.70. The minimum absolute atomic E-state index is 0.0947. The molecular formula is C32H30Cl2N2O7P+. The summed E-state index contributed by atoms with van der Waals surface area (Å²) in [5.41, 5.74) is 0.537. The number of morpholine rings is 1. The summed E-state index contributed by atoms with van der Waals surface area (Å²) in [7, 11) is -7.50. The minimum atomic E-state index is -4.69. The first-order chi connectivity index (χ1) is 21.1. The van der Waals surface area contributed by atoms with Gasteiger partial charge in [-0.25, -0.2) is 0 Å². The van der Waals surface area contributed by atoms with Gasteiger partial charge in [0.15, 0.2) is 13.0 Å². The van der Waals surface area contributed by atoms with E-state index in [9.17, 15) is 9.59 Å². The van der Waals surface area contributed by atoms with Gasteiger partial charge in [-0.2, -0.15) is 14.0 Å². The van der Waals surface area contributed by atoms with Crippen molar-refractivity contribution < 1.29 is 43.2 Å². The highest BCUT2D eigenvalue weighted by atomic mass is 35.7. The Kier molecular flexibility index (Phi) is 11.6. The van der Waals surface area contributed by atoms with E-state index in [1.54, 1.807) is 29.2 Å². The van der Waals surface area contributed by atoms with Crippen LogP contribution in [0.15, 0.2) is 132 Å². The molecule has 5 rings (SSSR count). The van der Waals surface area contributed by atoms with Gasteiger partial charge >= 0.3 is 0 Å². The van der Waals surface area contributed by atoms with Gasteiger partial charge in [-0.3, -0.25) is 9.59 Å². The third-order valence-corrected chi connectivity index (χ3v) is 11.7. The highest BCUT2D eigenvalue weighted by molar-refractivity contribution is 8.00. The van der Waals surface area contributed by atoms with Crippen molar-refractivity contribution in [2.24, 2.45) is 0 Å². The van der Waals surface area contributed by atoms with Gasteiger partial charge in [0.25, 0.3) is 11.8 Å². The van der Waals surface area contributed by atoms with E-state index >= 15 is 0 Å². The first-order valence-corrected chi connectivity index (χ1v) is 16.9. The molecule has 0 atom stereocenters. The maximum atomic E-state index is 14.2. The van der Waals surface area contributed by atoms with Crippen molar-refractivity contribution in [2.75, 3.05) is 26.3 Å². The van der Waals surface area contributed by atoms with E-state index < -0.39 is 23.4 Å². The molecular weight excluding hydrogens is 626 g/mol. The van der Waals surface area contributed by atoms with Crippen LogP contribution in [0.4, 0.5) is 0 Å². The first kappa shape index (κ1) is 33.3. The zero-order valence-electron chi connectivity index (χ0n) is 23.4. The third-order valence-electron chi connectivity index (χ3n) is 6.72. The summed E-state index contributed by atoms with van der Waals surface area (Å²) < 4.78 is 38.5. The van der Waals surface area contributed by atoms with Crippen LogP contribution in [-0.4, -0.2) is 47.7 Å². The van der Waals surface area contributed by atoms with Crippen molar-refractivity contribution in [2.45, 2.75) is 0 Å². The zero-order valence-corrected chi connectivity index (χ0v) is 25.8. The lowest BCUT2D eigenvalue weighted by atomic mass is 10.2. The van der Waals surface area contributed by atoms with Gasteiger partial charge in [-0.15, -0.1) is 0 Å². The van der Waals surface area contributed by atoms with E-state index in [4.69, 9.17) is 35.0 Å². The summed E-state index contributed by atoms with van der Waals surface area (Å²) in [5, 5.41) is 5.89. The molecule has 1 aliphatic heterocycles. The third kappa shape index (κ3) is 8.30. The van der Waals surface area contributed by atoms with E-state index in [2.05, 4.69) is 5.32 Å². The molecule has 0 bridgehead atoms. The molecule has 4 aromatic rings. The molecule has 9 nitrogen and oxygen atoms in total. The predicted molar refractivity (Wildman–Crippen MR) is 162 cm³/mol. The van der Waals surface area contributed by atoms with Crippen molar-refractivity contribution in [1.82, 2.24) is 10.2 Å². The Balaban J connectivity index is 0.000000818. The number of rotatable bonds is 7. The van der Waals surface area contributed by atoms with Gasteiger partial charge in [0.2, 0.25) is 4.77 Å². The fourth-order valence-electron chi connectivity index (χ4n) is 4.80. The van der Waals surface area contributed by atoms with Gasteiger partial charge in [-0.1, -0.05) is 72.8 Å². The lowest BCUT2D eigenvalue weighted by molar-refractivity contribution is -1.92. The smallest absolute Gasteiger partial charge is 0.275 e. The lowest BCUT2D eigenvalue weighted by Gasteiger charge is -2.31. The lowest BCUT2D eigenvalue weighted by Crippen LogP contribution is -2.58. The second-order valence-electron chi connectivity index (χ2n) is 9.46. The predicted octanol–water partition coefficient (Wildman–Crippen LogP) is 0.553. The van der Waals surface area contributed by atoms with Crippen LogP contribution in [0.3, 0.4) is 0 Å². The number of amides is 2. The van der Waals surface area contributed by atoms with E-state index in [0.29, 0.717) is 36.6 Å². The summed E-state index contributed by atoms with van der Waals surface area (Å²) in [6.07, 6.45) is 0. The van der Waals surface area contributed by atoms with Gasteiger partial charge in [-0.05, 0) is 60.1 Å². The van der Waals surface area contributed by atoms with Crippen LogP contribution < -0.4 is 35.2 Å². The monoisotopic (exact) mass is 655 g/mol. The molecule has 0 saturated carbocycles. The zero-order chi connectivity index (χ0) is 31.6. The Bertz CT molecular complexity index is 1450. The number of benzene rings is 4. The average Bonchev–Trinajstić information content (AvgIpc) is 3.05. The van der Waals surface area contributed by atoms with E-state index in [0.717, 1.165) is 15.9 Å². The number of hydrogen-bond acceptors (Lipinski definition) is 7. The summed E-state index contributed by atoms with van der Waals surface area (Å²) >= 11 is 7.55. The van der Waals surface area contributed by atoms with Gasteiger partial charge < -0.3 is 15.0 Å². The van der Waals surface area contributed by atoms with Gasteiger partial charge in [0.1, 0.15) is 15.9 Å². The SMILES string of the molecule is O=C(N/C(C(=O)N1CCOCC1)=C(/Cl)[P+](c1ccccc1)(c1ccccc1)c1ccccc1)c1ccccc1.[O-][Cl+3]([O-])([O-])O. The second kappa shape index (κ2) is 15.4. The first-order valence-electron chi connectivity index (χ1n) is 13.4. The van der Waals surface area contributed by atoms with Crippen molar-refractivity contribution in [3.8, 4) is 0 Å². The Hall–Kier alpha value is -3.63. The Morgan fingerprint density at radius 1 is 0.727 bits per heavy atom.